The van der Waals surface area contributed by atoms with Crippen molar-refractivity contribution in [3.63, 3.8) is 0 Å². The topological polar surface area (TPSA) is 11.4 Å². The van der Waals surface area contributed by atoms with Crippen LogP contribution in [0.5, 0.6) is 0 Å². The number of anilines is 1. The molecule has 0 unspecified atom stereocenters. The molecule has 0 N–H and O–H groups in total. The highest BCUT2D eigenvalue weighted by Crippen LogP contribution is 2.27. The fraction of sp³-hybridized carbons (Fsp3) is 0.273. The summed E-state index contributed by atoms with van der Waals surface area (Å²) in [6.45, 7) is 3.67. The highest BCUT2D eigenvalue weighted by molar-refractivity contribution is 5.53. The van der Waals surface area contributed by atoms with Gasteiger partial charge >= 0.3 is 0 Å². The summed E-state index contributed by atoms with van der Waals surface area (Å²) in [5, 5.41) is 0. The van der Waals surface area contributed by atoms with Crippen LogP contribution in [0.25, 0.3) is 5.69 Å². The normalized spacial score (nSPS) is 15.2. The van der Waals surface area contributed by atoms with Crippen molar-refractivity contribution in [2.75, 3.05) is 38.1 Å². The number of nitrogens with zero attached hydrogens (tertiary/aromatic N) is 3. The lowest BCUT2D eigenvalue weighted by Crippen LogP contribution is -2.45. The summed E-state index contributed by atoms with van der Waals surface area (Å²) in [5.41, 5.74) is 2.22. The fourth-order valence-corrected chi connectivity index (χ4v) is 3.57. The van der Waals surface area contributed by atoms with Gasteiger partial charge in [-0.15, -0.1) is 0 Å². The molecule has 6 heteroatoms. The van der Waals surface area contributed by atoms with Gasteiger partial charge in [0.25, 0.3) is 0 Å². The summed E-state index contributed by atoms with van der Waals surface area (Å²) in [5.74, 6) is -0.415. The third kappa shape index (κ3) is 3.92. The van der Waals surface area contributed by atoms with Crippen LogP contribution in [-0.2, 0) is 6.42 Å². The predicted octanol–water partition coefficient (Wildman–Crippen LogP) is 4.24. The Morgan fingerprint density at radius 2 is 1.50 bits per heavy atom. The van der Waals surface area contributed by atoms with E-state index in [2.05, 4.69) is 16.8 Å². The molecule has 0 atom stereocenters. The van der Waals surface area contributed by atoms with Crippen molar-refractivity contribution in [2.24, 2.45) is 0 Å². The SMILES string of the molecule is CN1CCN(c2cc(Cc3ccc(F)cc3F)cn2-c2ccc(F)cc2)CC1. The van der Waals surface area contributed by atoms with Gasteiger partial charge in [0, 0.05) is 50.6 Å². The molecule has 2 heterocycles. The highest BCUT2D eigenvalue weighted by atomic mass is 19.1. The first kappa shape index (κ1) is 18.6. The van der Waals surface area contributed by atoms with E-state index in [0.717, 1.165) is 49.3 Å². The number of likely N-dealkylation sites (N-methyl/N-ethyl adjacent to an activating group) is 1. The molecule has 28 heavy (non-hydrogen) atoms. The zero-order valence-electron chi connectivity index (χ0n) is 15.7. The molecule has 1 aliphatic rings. The lowest BCUT2D eigenvalue weighted by Gasteiger charge is -2.34. The van der Waals surface area contributed by atoms with Crippen molar-refractivity contribution in [3.8, 4) is 5.69 Å². The Morgan fingerprint density at radius 1 is 0.821 bits per heavy atom. The van der Waals surface area contributed by atoms with E-state index in [1.165, 1.54) is 24.3 Å². The Labute approximate surface area is 162 Å². The smallest absolute Gasteiger partial charge is 0.129 e. The quantitative estimate of drug-likeness (QED) is 0.666. The molecule has 0 spiro atoms. The largest absolute Gasteiger partial charge is 0.355 e. The van der Waals surface area contributed by atoms with Gasteiger partial charge in [-0.25, -0.2) is 13.2 Å². The van der Waals surface area contributed by atoms with Crippen LogP contribution in [0.3, 0.4) is 0 Å². The summed E-state index contributed by atoms with van der Waals surface area (Å²) < 4.78 is 42.7. The molecule has 1 fully saturated rings. The van der Waals surface area contributed by atoms with E-state index in [1.807, 2.05) is 16.8 Å². The molecule has 146 valence electrons. The van der Waals surface area contributed by atoms with Gasteiger partial charge in [-0.1, -0.05) is 6.07 Å². The number of hydrogen-bond donors (Lipinski definition) is 0. The first-order chi connectivity index (χ1) is 13.5. The molecular weight excluding hydrogens is 363 g/mol. The highest BCUT2D eigenvalue weighted by Gasteiger charge is 2.19. The van der Waals surface area contributed by atoms with Gasteiger partial charge in [-0.05, 0) is 54.6 Å². The molecule has 1 aromatic heterocycles. The summed E-state index contributed by atoms with van der Waals surface area (Å²) in [7, 11) is 2.10. The van der Waals surface area contributed by atoms with Gasteiger partial charge in [0.2, 0.25) is 0 Å². The maximum atomic E-state index is 14.1. The van der Waals surface area contributed by atoms with E-state index in [-0.39, 0.29) is 5.82 Å². The second-order valence-electron chi connectivity index (χ2n) is 7.26. The minimum atomic E-state index is -0.580. The Balaban J connectivity index is 1.70. The molecule has 0 radical (unpaired) electrons. The van der Waals surface area contributed by atoms with E-state index < -0.39 is 11.6 Å². The molecule has 1 aliphatic heterocycles. The maximum absolute atomic E-state index is 14.1. The first-order valence-corrected chi connectivity index (χ1v) is 9.34. The number of benzene rings is 2. The van der Waals surface area contributed by atoms with Crippen molar-refractivity contribution in [2.45, 2.75) is 6.42 Å². The van der Waals surface area contributed by atoms with Gasteiger partial charge in [-0.2, -0.15) is 0 Å². The van der Waals surface area contributed by atoms with Crippen LogP contribution in [-0.4, -0.2) is 42.7 Å². The van der Waals surface area contributed by atoms with Crippen LogP contribution in [0, 0.1) is 17.5 Å². The van der Waals surface area contributed by atoms with Gasteiger partial charge in [-0.3, -0.25) is 0 Å². The summed E-state index contributed by atoms with van der Waals surface area (Å²) in [4.78, 5) is 4.56. The molecule has 1 saturated heterocycles. The second-order valence-corrected chi connectivity index (χ2v) is 7.26. The Kier molecular flexibility index (Phi) is 5.13. The molecule has 3 nitrogen and oxygen atoms in total. The van der Waals surface area contributed by atoms with Crippen LogP contribution in [0.1, 0.15) is 11.1 Å². The monoisotopic (exact) mass is 385 g/mol. The van der Waals surface area contributed by atoms with Crippen LogP contribution in [0.4, 0.5) is 19.0 Å². The van der Waals surface area contributed by atoms with Gasteiger partial charge in [0.1, 0.15) is 23.3 Å². The third-order valence-electron chi connectivity index (χ3n) is 5.20. The lowest BCUT2D eigenvalue weighted by atomic mass is 10.1. The Hall–Kier alpha value is -2.73. The number of halogens is 3. The average Bonchev–Trinajstić information content (AvgIpc) is 3.09. The summed E-state index contributed by atoms with van der Waals surface area (Å²) in [6, 6.07) is 12.0. The fourth-order valence-electron chi connectivity index (χ4n) is 3.57. The molecule has 2 aromatic carbocycles. The molecule has 0 aliphatic carbocycles. The summed E-state index contributed by atoms with van der Waals surface area (Å²) >= 11 is 0. The van der Waals surface area contributed by atoms with Crippen LogP contribution >= 0.6 is 0 Å². The van der Waals surface area contributed by atoms with Crippen molar-refractivity contribution >= 4 is 5.82 Å². The van der Waals surface area contributed by atoms with E-state index in [1.54, 1.807) is 12.1 Å². The van der Waals surface area contributed by atoms with E-state index >= 15 is 0 Å². The average molecular weight is 385 g/mol. The molecule has 3 aromatic rings. The number of piperazine rings is 1. The molecule has 0 saturated carbocycles. The standard InChI is InChI=1S/C22H22F3N3/c1-26-8-10-27(11-9-26)22-13-16(12-17-2-3-19(24)14-21(17)25)15-28(22)20-6-4-18(23)5-7-20/h2-7,13-15H,8-12H2,1H3. The Bertz CT molecular complexity index is 958. The first-order valence-electron chi connectivity index (χ1n) is 9.34. The van der Waals surface area contributed by atoms with Crippen LogP contribution in [0.2, 0.25) is 0 Å². The van der Waals surface area contributed by atoms with Crippen molar-refractivity contribution < 1.29 is 13.2 Å². The lowest BCUT2D eigenvalue weighted by molar-refractivity contribution is 0.311. The maximum Gasteiger partial charge on any atom is 0.129 e. The number of rotatable bonds is 4. The second kappa shape index (κ2) is 7.72. The van der Waals surface area contributed by atoms with E-state index in [4.69, 9.17) is 0 Å². The third-order valence-corrected chi connectivity index (χ3v) is 5.20. The van der Waals surface area contributed by atoms with E-state index in [0.29, 0.717) is 12.0 Å². The number of hydrogen-bond acceptors (Lipinski definition) is 2. The van der Waals surface area contributed by atoms with E-state index in [9.17, 15) is 13.2 Å². The molecule has 0 bridgehead atoms. The number of aromatic nitrogens is 1. The minimum absolute atomic E-state index is 0.286. The summed E-state index contributed by atoms with van der Waals surface area (Å²) in [6.07, 6.45) is 2.31. The minimum Gasteiger partial charge on any atom is -0.355 e. The van der Waals surface area contributed by atoms with Crippen LogP contribution < -0.4 is 4.90 Å². The van der Waals surface area contributed by atoms with Gasteiger partial charge < -0.3 is 14.4 Å². The molecule has 0 amide bonds. The van der Waals surface area contributed by atoms with Gasteiger partial charge in [0.15, 0.2) is 0 Å². The molecular formula is C22H22F3N3. The predicted molar refractivity (Wildman–Crippen MR) is 105 cm³/mol. The van der Waals surface area contributed by atoms with Gasteiger partial charge in [0.05, 0.1) is 0 Å². The van der Waals surface area contributed by atoms with Crippen molar-refractivity contribution in [1.29, 1.82) is 0 Å². The van der Waals surface area contributed by atoms with Crippen molar-refractivity contribution in [3.05, 3.63) is 83.3 Å². The molecule has 4 rings (SSSR count). The zero-order chi connectivity index (χ0) is 19.7. The Morgan fingerprint density at radius 3 is 2.18 bits per heavy atom. The van der Waals surface area contributed by atoms with Crippen LogP contribution in [0.15, 0.2) is 54.7 Å². The zero-order valence-corrected chi connectivity index (χ0v) is 15.7. The van der Waals surface area contributed by atoms with Crippen molar-refractivity contribution in [1.82, 2.24) is 9.47 Å².